The second kappa shape index (κ2) is 7.21. The molecule has 3 heterocycles. The van der Waals surface area contributed by atoms with Crippen LogP contribution < -0.4 is 10.3 Å². The van der Waals surface area contributed by atoms with Crippen LogP contribution in [0, 0.1) is 0 Å². The molecule has 7 heteroatoms. The van der Waals surface area contributed by atoms with Crippen molar-refractivity contribution in [2.24, 2.45) is 5.10 Å². The molecule has 0 radical (unpaired) electrons. The minimum absolute atomic E-state index is 0.0995. The molecule has 2 aliphatic heterocycles. The fourth-order valence-electron chi connectivity index (χ4n) is 4.57. The van der Waals surface area contributed by atoms with Crippen LogP contribution in [-0.4, -0.2) is 49.8 Å². The van der Waals surface area contributed by atoms with Crippen molar-refractivity contribution in [1.29, 1.82) is 0 Å². The van der Waals surface area contributed by atoms with Crippen LogP contribution in [-0.2, 0) is 0 Å². The molecule has 2 aromatic rings. The molecule has 0 aliphatic carbocycles. The first-order valence-electron chi connectivity index (χ1n) is 9.84. The van der Waals surface area contributed by atoms with Crippen LogP contribution in [0.4, 0.5) is 5.69 Å². The number of rotatable bonds is 4. The van der Waals surface area contributed by atoms with Gasteiger partial charge in [-0.25, -0.2) is 5.01 Å². The lowest BCUT2D eigenvalue weighted by atomic mass is 9.79. The van der Waals surface area contributed by atoms with Gasteiger partial charge in [0.15, 0.2) is 5.50 Å². The molecule has 0 saturated carbocycles. The van der Waals surface area contributed by atoms with Crippen LogP contribution >= 0.6 is 11.8 Å². The summed E-state index contributed by atoms with van der Waals surface area (Å²) in [6.45, 7) is 9.21. The summed E-state index contributed by atoms with van der Waals surface area (Å²) in [4.78, 5) is 2.49. The maximum absolute atomic E-state index is 4.97. The Morgan fingerprint density at radius 2 is 1.79 bits per heavy atom. The van der Waals surface area contributed by atoms with Crippen molar-refractivity contribution in [2.45, 2.75) is 63.2 Å². The number of anilines is 1. The summed E-state index contributed by atoms with van der Waals surface area (Å²) in [5, 5.41) is 19.0. The summed E-state index contributed by atoms with van der Waals surface area (Å²) in [5.74, 6) is 0. The summed E-state index contributed by atoms with van der Waals surface area (Å²) in [7, 11) is 2.23. The topological polar surface area (TPSA) is 59.5 Å². The number of aromatic nitrogens is 2. The molecule has 150 valence electrons. The number of benzene rings is 1. The van der Waals surface area contributed by atoms with E-state index in [0.717, 1.165) is 29.1 Å². The summed E-state index contributed by atoms with van der Waals surface area (Å²) in [6.07, 6.45) is 5.96. The van der Waals surface area contributed by atoms with E-state index < -0.39 is 0 Å². The van der Waals surface area contributed by atoms with Crippen molar-refractivity contribution in [3.8, 4) is 0 Å². The van der Waals surface area contributed by atoms with Gasteiger partial charge in [0.1, 0.15) is 5.04 Å². The van der Waals surface area contributed by atoms with Gasteiger partial charge in [0.2, 0.25) is 0 Å². The average Bonchev–Trinajstić information content (AvgIpc) is 3.28. The van der Waals surface area contributed by atoms with Crippen LogP contribution in [0.2, 0.25) is 0 Å². The second-order valence-corrected chi connectivity index (χ2v) is 10.2. The maximum atomic E-state index is 4.97. The molecule has 0 spiro atoms. The minimum Gasteiger partial charge on any atom is -0.307 e. The van der Waals surface area contributed by atoms with E-state index in [1.54, 1.807) is 0 Å². The van der Waals surface area contributed by atoms with Gasteiger partial charge in [0.25, 0.3) is 0 Å². The van der Waals surface area contributed by atoms with E-state index in [0.29, 0.717) is 6.04 Å². The third-order valence-electron chi connectivity index (χ3n) is 5.49. The minimum atomic E-state index is 0.0995. The van der Waals surface area contributed by atoms with Crippen molar-refractivity contribution in [3.63, 3.8) is 0 Å². The van der Waals surface area contributed by atoms with E-state index in [4.69, 9.17) is 5.10 Å². The fraction of sp³-hybridized carbons (Fsp3) is 0.524. The van der Waals surface area contributed by atoms with Gasteiger partial charge in [-0.1, -0.05) is 42.1 Å². The van der Waals surface area contributed by atoms with Crippen LogP contribution in [0.1, 0.15) is 46.1 Å². The number of hydrogen-bond acceptors (Lipinski definition) is 6. The van der Waals surface area contributed by atoms with Gasteiger partial charge in [-0.05, 0) is 47.6 Å². The van der Waals surface area contributed by atoms with Crippen molar-refractivity contribution in [2.75, 3.05) is 12.1 Å². The van der Waals surface area contributed by atoms with Crippen LogP contribution in [0.15, 0.2) is 47.8 Å². The van der Waals surface area contributed by atoms with Crippen molar-refractivity contribution >= 4 is 22.5 Å². The van der Waals surface area contributed by atoms with E-state index in [2.05, 4.69) is 84.4 Å². The normalized spacial score (nSPS) is 24.6. The average molecular weight is 399 g/mol. The van der Waals surface area contributed by atoms with E-state index in [-0.39, 0.29) is 16.6 Å². The van der Waals surface area contributed by atoms with E-state index in [1.165, 1.54) is 0 Å². The molecule has 0 bridgehead atoms. The lowest BCUT2D eigenvalue weighted by Gasteiger charge is -2.50. The zero-order valence-electron chi connectivity index (χ0n) is 17.3. The monoisotopic (exact) mass is 398 g/mol. The summed E-state index contributed by atoms with van der Waals surface area (Å²) in [5.41, 5.74) is 2.45. The Morgan fingerprint density at radius 1 is 1.11 bits per heavy atom. The van der Waals surface area contributed by atoms with Gasteiger partial charge < -0.3 is 5.32 Å². The molecule has 1 aromatic heterocycles. The SMILES string of the molecule is CN(C1CC(C)(C)NC(C)(C)C1)C1SC(c2ccccc2)=NN1c1cn[nH]c1. The Morgan fingerprint density at radius 3 is 2.39 bits per heavy atom. The van der Waals surface area contributed by atoms with Gasteiger partial charge >= 0.3 is 0 Å². The molecule has 0 amide bonds. The summed E-state index contributed by atoms with van der Waals surface area (Å²) in [6, 6.07) is 10.9. The van der Waals surface area contributed by atoms with Crippen LogP contribution in [0.5, 0.6) is 0 Å². The number of nitrogens with one attached hydrogen (secondary N) is 2. The number of thioether (sulfide) groups is 1. The Labute approximate surface area is 171 Å². The Hall–Kier alpha value is -1.83. The number of nitrogens with zero attached hydrogens (tertiary/aromatic N) is 4. The van der Waals surface area contributed by atoms with Gasteiger partial charge in [-0.2, -0.15) is 10.2 Å². The molecule has 28 heavy (non-hydrogen) atoms. The van der Waals surface area contributed by atoms with E-state index in [1.807, 2.05) is 30.2 Å². The second-order valence-electron chi connectivity index (χ2n) is 9.14. The van der Waals surface area contributed by atoms with Crippen molar-refractivity contribution in [1.82, 2.24) is 20.4 Å². The summed E-state index contributed by atoms with van der Waals surface area (Å²) >= 11 is 1.81. The molecule has 1 atom stereocenters. The molecule has 1 unspecified atom stereocenters. The van der Waals surface area contributed by atoms with Gasteiger partial charge in [0, 0.05) is 28.9 Å². The van der Waals surface area contributed by atoms with Gasteiger partial charge in [-0.15, -0.1) is 0 Å². The quantitative estimate of drug-likeness (QED) is 0.819. The maximum Gasteiger partial charge on any atom is 0.158 e. The van der Waals surface area contributed by atoms with E-state index >= 15 is 0 Å². The van der Waals surface area contributed by atoms with Gasteiger partial charge in [0.05, 0.1) is 11.9 Å². The molecule has 1 fully saturated rings. The van der Waals surface area contributed by atoms with Crippen molar-refractivity contribution in [3.05, 3.63) is 48.3 Å². The third kappa shape index (κ3) is 3.97. The Bertz CT molecular complexity index is 814. The molecule has 6 nitrogen and oxygen atoms in total. The highest BCUT2D eigenvalue weighted by atomic mass is 32.2. The first-order valence-corrected chi connectivity index (χ1v) is 10.7. The highest BCUT2D eigenvalue weighted by molar-refractivity contribution is 8.15. The predicted octanol–water partition coefficient (Wildman–Crippen LogP) is 3.85. The number of hydrazone groups is 1. The Balaban J connectivity index is 1.62. The predicted molar refractivity (Wildman–Crippen MR) is 118 cm³/mol. The third-order valence-corrected chi connectivity index (χ3v) is 6.77. The smallest absolute Gasteiger partial charge is 0.158 e. The highest BCUT2D eigenvalue weighted by Gasteiger charge is 2.43. The first kappa shape index (κ1) is 19.5. The molecular formula is C21H30N6S. The largest absolute Gasteiger partial charge is 0.307 e. The molecule has 1 saturated heterocycles. The van der Waals surface area contributed by atoms with Crippen LogP contribution in [0.25, 0.3) is 0 Å². The summed E-state index contributed by atoms with van der Waals surface area (Å²) < 4.78 is 0. The number of piperidine rings is 1. The first-order chi connectivity index (χ1) is 13.2. The molecule has 1 aromatic carbocycles. The standard InChI is InChI=1S/C21H30N6S/c1-20(2)11-16(12-21(3,4)25-20)26(5)19-27(17-13-22-23-14-17)24-18(28-19)15-9-7-6-8-10-15/h6-10,13-14,16,19,25H,11-12H2,1-5H3,(H,22,23). The van der Waals surface area contributed by atoms with E-state index in [9.17, 15) is 0 Å². The fourth-order valence-corrected chi connectivity index (χ4v) is 5.79. The molecule has 4 rings (SSSR count). The number of H-pyrrole nitrogens is 1. The lowest BCUT2D eigenvalue weighted by molar-refractivity contribution is 0.0756. The lowest BCUT2D eigenvalue weighted by Crippen LogP contribution is -2.63. The number of hydrogen-bond donors (Lipinski definition) is 2. The van der Waals surface area contributed by atoms with Crippen molar-refractivity contribution < 1.29 is 0 Å². The Kier molecular flexibility index (Phi) is 5.02. The number of aromatic amines is 1. The van der Waals surface area contributed by atoms with Crippen LogP contribution in [0.3, 0.4) is 0 Å². The zero-order chi connectivity index (χ0) is 19.9. The molecule has 2 aliphatic rings. The highest BCUT2D eigenvalue weighted by Crippen LogP contribution is 2.39. The molecule has 2 N–H and O–H groups in total. The van der Waals surface area contributed by atoms with Gasteiger partial charge in [-0.3, -0.25) is 10.00 Å². The molecular weight excluding hydrogens is 368 g/mol. The zero-order valence-corrected chi connectivity index (χ0v) is 18.1.